The molecular weight excluding hydrogens is 357 g/mol. The van der Waals surface area contributed by atoms with Crippen molar-refractivity contribution in [2.45, 2.75) is 50.7 Å². The fourth-order valence-electron chi connectivity index (χ4n) is 4.37. The van der Waals surface area contributed by atoms with Gasteiger partial charge in [-0.3, -0.25) is 9.69 Å². The Labute approximate surface area is 163 Å². The highest BCUT2D eigenvalue weighted by molar-refractivity contribution is 5.85. The van der Waals surface area contributed by atoms with E-state index in [0.717, 1.165) is 32.5 Å². The van der Waals surface area contributed by atoms with Crippen LogP contribution in [-0.4, -0.2) is 54.0 Å². The molecule has 0 bridgehead atoms. The Morgan fingerprint density at radius 1 is 1.00 bits per heavy atom. The summed E-state index contributed by atoms with van der Waals surface area (Å²) in [6.45, 7) is 5.12. The maximum Gasteiger partial charge on any atom is 0.240 e. The molecule has 2 unspecified atom stereocenters. The second-order valence-electron chi connectivity index (χ2n) is 7.23. The van der Waals surface area contributed by atoms with Crippen LogP contribution in [0.3, 0.4) is 0 Å². The van der Waals surface area contributed by atoms with Crippen LogP contribution < -0.4 is 5.32 Å². The van der Waals surface area contributed by atoms with Gasteiger partial charge in [-0.15, -0.1) is 24.8 Å². The Balaban J connectivity index is 0.00000113. The molecule has 3 aliphatic heterocycles. The molecule has 140 valence electrons. The maximum absolute atomic E-state index is 12.9. The summed E-state index contributed by atoms with van der Waals surface area (Å²) in [4.78, 5) is 17.6. The van der Waals surface area contributed by atoms with Crippen LogP contribution in [-0.2, 0) is 17.8 Å². The Morgan fingerprint density at radius 2 is 1.72 bits per heavy atom. The van der Waals surface area contributed by atoms with E-state index in [9.17, 15) is 4.79 Å². The van der Waals surface area contributed by atoms with E-state index in [4.69, 9.17) is 0 Å². The van der Waals surface area contributed by atoms with Gasteiger partial charge in [-0.2, -0.15) is 0 Å². The average Bonchev–Trinajstić information content (AvgIpc) is 3.11. The van der Waals surface area contributed by atoms with E-state index in [2.05, 4.69) is 39.4 Å². The molecule has 25 heavy (non-hydrogen) atoms. The fraction of sp³-hybridized carbons (Fsp3) is 0.632. The minimum Gasteiger partial charge on any atom is -0.340 e. The van der Waals surface area contributed by atoms with Crippen molar-refractivity contribution in [2.75, 3.05) is 26.2 Å². The molecule has 0 aromatic heterocycles. The molecular formula is C19H29Cl2N3O. The van der Waals surface area contributed by atoms with E-state index in [1.165, 1.54) is 43.5 Å². The number of nitrogens with one attached hydrogen (secondary N) is 1. The van der Waals surface area contributed by atoms with E-state index in [-0.39, 0.29) is 30.9 Å². The lowest BCUT2D eigenvalue weighted by Crippen LogP contribution is -2.50. The fourth-order valence-corrected chi connectivity index (χ4v) is 4.37. The molecule has 0 spiro atoms. The standard InChI is InChI=1S/C19H27N3O.2ClH/c23-19(18-12-15-6-2-3-7-16(15)13-20-18)22-11-8-17(14-22)21-9-4-1-5-10-21;;/h2-3,6-7,17-18,20H,1,4-5,8-14H2;2*1H. The van der Waals surface area contributed by atoms with E-state index in [0.29, 0.717) is 11.9 Å². The zero-order valence-electron chi connectivity index (χ0n) is 14.7. The number of hydrogen-bond acceptors (Lipinski definition) is 3. The van der Waals surface area contributed by atoms with Crippen LogP contribution >= 0.6 is 24.8 Å². The Hall–Kier alpha value is -0.810. The number of rotatable bonds is 2. The minimum absolute atomic E-state index is 0. The summed E-state index contributed by atoms with van der Waals surface area (Å²) in [6.07, 6.45) is 6.00. The summed E-state index contributed by atoms with van der Waals surface area (Å²) in [6, 6.07) is 9.03. The second kappa shape index (κ2) is 9.22. The molecule has 0 saturated carbocycles. The first-order valence-corrected chi connectivity index (χ1v) is 9.14. The first kappa shape index (κ1) is 20.5. The van der Waals surface area contributed by atoms with Gasteiger partial charge in [-0.05, 0) is 49.9 Å². The molecule has 2 saturated heterocycles. The summed E-state index contributed by atoms with van der Waals surface area (Å²) >= 11 is 0. The SMILES string of the molecule is Cl.Cl.O=C(C1Cc2ccccc2CN1)N1CCC(N2CCCCC2)C1. The van der Waals surface area contributed by atoms with E-state index >= 15 is 0 Å². The van der Waals surface area contributed by atoms with Gasteiger partial charge in [0.2, 0.25) is 5.91 Å². The van der Waals surface area contributed by atoms with Gasteiger partial charge in [0, 0.05) is 25.7 Å². The van der Waals surface area contributed by atoms with Gasteiger partial charge in [0.1, 0.15) is 0 Å². The van der Waals surface area contributed by atoms with Crippen LogP contribution in [0.25, 0.3) is 0 Å². The third-order valence-electron chi connectivity index (χ3n) is 5.76. The lowest BCUT2D eigenvalue weighted by molar-refractivity contribution is -0.132. The first-order valence-electron chi connectivity index (χ1n) is 9.14. The summed E-state index contributed by atoms with van der Waals surface area (Å²) < 4.78 is 0. The molecule has 2 atom stereocenters. The van der Waals surface area contributed by atoms with Gasteiger partial charge in [-0.25, -0.2) is 0 Å². The number of piperidine rings is 1. The zero-order chi connectivity index (χ0) is 15.6. The quantitative estimate of drug-likeness (QED) is 0.849. The number of carbonyl (C=O) groups excluding carboxylic acids is 1. The lowest BCUT2D eigenvalue weighted by Gasteiger charge is -2.33. The molecule has 3 aliphatic rings. The van der Waals surface area contributed by atoms with Crippen molar-refractivity contribution >= 4 is 30.7 Å². The smallest absolute Gasteiger partial charge is 0.240 e. The number of nitrogens with zero attached hydrogens (tertiary/aromatic N) is 2. The van der Waals surface area contributed by atoms with Crippen LogP contribution in [0.5, 0.6) is 0 Å². The number of carbonyl (C=O) groups is 1. The second-order valence-corrected chi connectivity index (χ2v) is 7.23. The lowest BCUT2D eigenvalue weighted by atomic mass is 9.95. The summed E-state index contributed by atoms with van der Waals surface area (Å²) in [5.74, 6) is 0.305. The molecule has 1 N–H and O–H groups in total. The number of amides is 1. The van der Waals surface area contributed by atoms with E-state index in [1.54, 1.807) is 0 Å². The molecule has 0 radical (unpaired) electrons. The number of fused-ring (bicyclic) bond motifs is 1. The van der Waals surface area contributed by atoms with Crippen LogP contribution in [0, 0.1) is 0 Å². The first-order chi connectivity index (χ1) is 11.3. The van der Waals surface area contributed by atoms with Gasteiger partial charge >= 0.3 is 0 Å². The maximum atomic E-state index is 12.9. The van der Waals surface area contributed by atoms with Gasteiger partial charge in [0.25, 0.3) is 0 Å². The Morgan fingerprint density at radius 3 is 2.48 bits per heavy atom. The van der Waals surface area contributed by atoms with Crippen LogP contribution in [0.15, 0.2) is 24.3 Å². The predicted molar refractivity (Wildman–Crippen MR) is 106 cm³/mol. The largest absolute Gasteiger partial charge is 0.340 e. The van der Waals surface area contributed by atoms with Crippen LogP contribution in [0.4, 0.5) is 0 Å². The van der Waals surface area contributed by atoms with Gasteiger partial charge in [0.05, 0.1) is 6.04 Å². The molecule has 1 aromatic rings. The number of benzene rings is 1. The number of halogens is 2. The molecule has 1 amide bonds. The van der Waals surface area contributed by atoms with Crippen molar-refractivity contribution in [3.05, 3.63) is 35.4 Å². The average molecular weight is 386 g/mol. The molecule has 4 nitrogen and oxygen atoms in total. The molecule has 1 aromatic carbocycles. The van der Waals surface area contributed by atoms with Crippen molar-refractivity contribution in [1.82, 2.24) is 15.1 Å². The third-order valence-corrected chi connectivity index (χ3v) is 5.76. The van der Waals surface area contributed by atoms with E-state index in [1.807, 2.05) is 0 Å². The normalized spacial score (nSPS) is 26.3. The summed E-state index contributed by atoms with van der Waals surface area (Å²) in [5, 5.41) is 3.44. The van der Waals surface area contributed by atoms with Crippen LogP contribution in [0.1, 0.15) is 36.8 Å². The summed E-state index contributed by atoms with van der Waals surface area (Å²) in [5.41, 5.74) is 2.67. The molecule has 3 heterocycles. The monoisotopic (exact) mass is 385 g/mol. The van der Waals surface area contributed by atoms with Gasteiger partial charge < -0.3 is 10.2 Å². The van der Waals surface area contributed by atoms with Gasteiger partial charge in [-0.1, -0.05) is 30.7 Å². The highest BCUT2D eigenvalue weighted by Crippen LogP contribution is 2.23. The topological polar surface area (TPSA) is 35.6 Å². The van der Waals surface area contributed by atoms with Gasteiger partial charge in [0.15, 0.2) is 0 Å². The summed E-state index contributed by atoms with van der Waals surface area (Å²) in [7, 11) is 0. The Bertz CT molecular complexity index is 578. The highest BCUT2D eigenvalue weighted by atomic mass is 35.5. The van der Waals surface area contributed by atoms with Crippen molar-refractivity contribution in [1.29, 1.82) is 0 Å². The number of hydrogen-bond donors (Lipinski definition) is 1. The van der Waals surface area contributed by atoms with E-state index < -0.39 is 0 Å². The minimum atomic E-state index is -0.0370. The van der Waals surface area contributed by atoms with Crippen molar-refractivity contribution in [2.24, 2.45) is 0 Å². The van der Waals surface area contributed by atoms with Crippen molar-refractivity contribution < 1.29 is 4.79 Å². The van der Waals surface area contributed by atoms with Crippen LogP contribution in [0.2, 0.25) is 0 Å². The van der Waals surface area contributed by atoms with Crippen molar-refractivity contribution in [3.63, 3.8) is 0 Å². The molecule has 6 heteroatoms. The molecule has 4 rings (SSSR count). The molecule has 0 aliphatic carbocycles. The molecule has 2 fully saturated rings. The van der Waals surface area contributed by atoms with Crippen molar-refractivity contribution in [3.8, 4) is 0 Å². The highest BCUT2D eigenvalue weighted by Gasteiger charge is 2.34. The third kappa shape index (κ3) is 4.48. The number of likely N-dealkylation sites (tertiary alicyclic amines) is 2. The zero-order valence-corrected chi connectivity index (χ0v) is 16.3. The predicted octanol–water partition coefficient (Wildman–Crippen LogP) is 2.63. The Kier molecular flexibility index (Phi) is 7.56.